The summed E-state index contributed by atoms with van der Waals surface area (Å²) in [5, 5.41) is 18.4. The Balaban J connectivity index is 1.08. The molecule has 5 aromatic rings. The van der Waals surface area contributed by atoms with Crippen LogP contribution >= 0.6 is 0 Å². The van der Waals surface area contributed by atoms with Crippen LogP contribution in [-0.4, -0.2) is 83.2 Å². The van der Waals surface area contributed by atoms with Crippen molar-refractivity contribution >= 4 is 22.7 Å². The summed E-state index contributed by atoms with van der Waals surface area (Å²) >= 11 is 0. The number of nitrogens with zero attached hydrogens (tertiary/aromatic N) is 8. The van der Waals surface area contributed by atoms with E-state index in [4.69, 9.17) is 4.74 Å². The van der Waals surface area contributed by atoms with Gasteiger partial charge in [-0.2, -0.15) is 9.78 Å². The fraction of sp³-hybridized carbons (Fsp3) is 0.432. The van der Waals surface area contributed by atoms with Gasteiger partial charge in [-0.3, -0.25) is 18.9 Å². The number of rotatable bonds is 7. The van der Waals surface area contributed by atoms with Crippen molar-refractivity contribution in [2.45, 2.75) is 58.7 Å². The first-order valence-electron chi connectivity index (χ1n) is 17.2. The highest BCUT2D eigenvalue weighted by Gasteiger charge is 2.38. The number of pyridine rings is 3. The van der Waals surface area contributed by atoms with E-state index in [-0.39, 0.29) is 27.9 Å². The number of aryl methyl sites for hydroxylation is 1. The standard InChI is InChI=1S/C37H43N9O4/c1-36(2)14-23-13-30-35(49)46(40-22-44(30)31(23)15-36)33-28(18-47)27(8-9-38-33)24-12-29(34(48)42(5)17-24)41-32-7-6-25(16-39-32)45-11-10-43(21-37(45,3)4)26-19-50-20-26/h6-9,12-13,16-17,22,26,47H,10-11,14-15,18-21H2,1-5H3,(H,39,41). The van der Waals surface area contributed by atoms with E-state index in [1.807, 2.05) is 28.8 Å². The highest BCUT2D eigenvalue weighted by molar-refractivity contribution is 5.73. The van der Waals surface area contributed by atoms with Gasteiger partial charge in [0.25, 0.3) is 11.1 Å². The number of fused-ring (bicyclic) bond motifs is 3. The van der Waals surface area contributed by atoms with Crippen molar-refractivity contribution in [3.63, 3.8) is 0 Å². The van der Waals surface area contributed by atoms with Crippen LogP contribution in [0.15, 0.2) is 64.8 Å². The van der Waals surface area contributed by atoms with Crippen LogP contribution in [-0.2, 0) is 31.2 Å². The van der Waals surface area contributed by atoms with Crippen LogP contribution in [0.4, 0.5) is 17.2 Å². The highest BCUT2D eigenvalue weighted by atomic mass is 16.5. The van der Waals surface area contributed by atoms with Gasteiger partial charge in [0, 0.05) is 61.4 Å². The molecular formula is C37H43N9O4. The minimum Gasteiger partial charge on any atom is -0.392 e. The Hall–Kier alpha value is -4.85. The third-order valence-corrected chi connectivity index (χ3v) is 10.5. The van der Waals surface area contributed by atoms with Crippen molar-refractivity contribution in [2.75, 3.05) is 43.1 Å². The van der Waals surface area contributed by atoms with Crippen LogP contribution < -0.4 is 21.3 Å². The minimum atomic E-state index is -0.392. The van der Waals surface area contributed by atoms with Crippen molar-refractivity contribution in [3.05, 3.63) is 92.8 Å². The molecule has 8 rings (SSSR count). The molecule has 2 N–H and O–H groups in total. The van der Waals surface area contributed by atoms with Crippen molar-refractivity contribution in [3.8, 4) is 16.9 Å². The van der Waals surface area contributed by atoms with E-state index in [2.05, 4.69) is 57.9 Å². The first kappa shape index (κ1) is 32.4. The quantitative estimate of drug-likeness (QED) is 0.264. The molecule has 2 saturated heterocycles. The Kier molecular flexibility index (Phi) is 7.69. The number of anilines is 3. The lowest BCUT2D eigenvalue weighted by atomic mass is 9.90. The normalized spacial score (nSPS) is 18.7. The molecular weight excluding hydrogens is 634 g/mol. The molecule has 3 aliphatic rings. The van der Waals surface area contributed by atoms with E-state index in [0.717, 1.165) is 62.6 Å². The Morgan fingerprint density at radius 1 is 1.02 bits per heavy atom. The molecule has 50 heavy (non-hydrogen) atoms. The van der Waals surface area contributed by atoms with Crippen molar-refractivity contribution < 1.29 is 9.84 Å². The number of hydrogen-bond acceptors (Lipinski definition) is 10. The van der Waals surface area contributed by atoms with Gasteiger partial charge in [0.2, 0.25) is 0 Å². The largest absolute Gasteiger partial charge is 0.392 e. The van der Waals surface area contributed by atoms with Crippen LogP contribution in [0.3, 0.4) is 0 Å². The number of nitrogens with one attached hydrogen (secondary N) is 1. The monoisotopic (exact) mass is 677 g/mol. The zero-order chi connectivity index (χ0) is 34.9. The first-order chi connectivity index (χ1) is 23.9. The molecule has 13 heteroatoms. The number of aromatic nitrogens is 6. The van der Waals surface area contributed by atoms with Crippen molar-refractivity contribution in [2.24, 2.45) is 12.5 Å². The number of hydrogen-bond donors (Lipinski definition) is 2. The smallest absolute Gasteiger partial charge is 0.297 e. The molecule has 1 aliphatic carbocycles. The van der Waals surface area contributed by atoms with E-state index in [1.54, 1.807) is 37.9 Å². The molecule has 0 saturated carbocycles. The summed E-state index contributed by atoms with van der Waals surface area (Å²) in [6, 6.07) is 9.89. The van der Waals surface area contributed by atoms with Gasteiger partial charge in [-0.05, 0) is 73.6 Å². The lowest BCUT2D eigenvalue weighted by Gasteiger charge is -2.51. The molecule has 2 aliphatic heterocycles. The molecule has 0 unspecified atom stereocenters. The van der Waals surface area contributed by atoms with Gasteiger partial charge >= 0.3 is 0 Å². The number of ether oxygens (including phenoxy) is 1. The molecule has 2 fully saturated rings. The number of aliphatic hydroxyl groups excluding tert-OH is 1. The highest BCUT2D eigenvalue weighted by Crippen LogP contribution is 2.37. The lowest BCUT2D eigenvalue weighted by Crippen LogP contribution is -2.64. The van der Waals surface area contributed by atoms with E-state index in [0.29, 0.717) is 39.8 Å². The average molecular weight is 678 g/mol. The van der Waals surface area contributed by atoms with Gasteiger partial charge < -0.3 is 24.6 Å². The third kappa shape index (κ3) is 5.49. The molecule has 0 amide bonds. The van der Waals surface area contributed by atoms with Gasteiger partial charge in [-0.1, -0.05) is 13.8 Å². The van der Waals surface area contributed by atoms with Crippen LogP contribution in [0.25, 0.3) is 22.5 Å². The Morgan fingerprint density at radius 2 is 1.84 bits per heavy atom. The fourth-order valence-corrected chi connectivity index (χ4v) is 7.93. The predicted molar refractivity (Wildman–Crippen MR) is 191 cm³/mol. The van der Waals surface area contributed by atoms with Crippen LogP contribution in [0.5, 0.6) is 0 Å². The summed E-state index contributed by atoms with van der Waals surface area (Å²) in [7, 11) is 1.68. The second kappa shape index (κ2) is 11.9. The third-order valence-electron chi connectivity index (χ3n) is 10.5. The summed E-state index contributed by atoms with van der Waals surface area (Å²) in [6.45, 7) is 13.0. The van der Waals surface area contributed by atoms with Crippen LogP contribution in [0.2, 0.25) is 0 Å². The maximum atomic E-state index is 13.8. The van der Waals surface area contributed by atoms with Gasteiger partial charge in [0.15, 0.2) is 5.82 Å². The number of aliphatic hydroxyl groups is 1. The Morgan fingerprint density at radius 3 is 2.54 bits per heavy atom. The zero-order valence-electron chi connectivity index (χ0n) is 29.2. The second-order valence-electron chi connectivity index (χ2n) is 15.3. The number of piperazine rings is 1. The molecule has 13 nitrogen and oxygen atoms in total. The van der Waals surface area contributed by atoms with Gasteiger partial charge in [0.05, 0.1) is 37.7 Å². The molecule has 0 spiro atoms. The molecule has 0 atom stereocenters. The molecule has 0 bridgehead atoms. The van der Waals surface area contributed by atoms with E-state index in [9.17, 15) is 14.7 Å². The summed E-state index contributed by atoms with van der Waals surface area (Å²) in [6.07, 6.45) is 8.56. The summed E-state index contributed by atoms with van der Waals surface area (Å²) in [5.74, 6) is 0.778. The van der Waals surface area contributed by atoms with Gasteiger partial charge in [-0.25, -0.2) is 9.97 Å². The predicted octanol–water partition coefficient (Wildman–Crippen LogP) is 3.30. The van der Waals surface area contributed by atoms with Gasteiger partial charge in [0.1, 0.15) is 23.3 Å². The van der Waals surface area contributed by atoms with Crippen molar-refractivity contribution in [1.29, 1.82) is 0 Å². The Bertz CT molecular complexity index is 2230. The van der Waals surface area contributed by atoms with E-state index in [1.165, 1.54) is 9.25 Å². The Labute approximate surface area is 289 Å². The van der Waals surface area contributed by atoms with Crippen LogP contribution in [0, 0.1) is 5.41 Å². The molecule has 0 aromatic carbocycles. The SMILES string of the molecule is Cn1cc(-c2ccnc(-n3ncn4c5c(cc4c3=O)CC(C)(C)C5)c2CO)cc(Nc2ccc(N3CCN(C4COC4)CC3(C)C)cn2)c1=O. The van der Waals surface area contributed by atoms with Crippen LogP contribution in [0.1, 0.15) is 44.5 Å². The summed E-state index contributed by atoms with van der Waals surface area (Å²) in [4.78, 5) is 41.2. The maximum Gasteiger partial charge on any atom is 0.297 e. The average Bonchev–Trinajstić information content (AvgIpc) is 3.54. The van der Waals surface area contributed by atoms with E-state index >= 15 is 0 Å². The topological polar surface area (TPSA) is 135 Å². The lowest BCUT2D eigenvalue weighted by molar-refractivity contribution is -0.0741. The van der Waals surface area contributed by atoms with E-state index < -0.39 is 6.61 Å². The molecule has 0 radical (unpaired) electrons. The molecule has 260 valence electrons. The summed E-state index contributed by atoms with van der Waals surface area (Å²) < 4.78 is 10.0. The summed E-state index contributed by atoms with van der Waals surface area (Å²) in [5.41, 5.74) is 5.38. The maximum absolute atomic E-state index is 13.8. The molecule has 5 aromatic heterocycles. The van der Waals surface area contributed by atoms with Gasteiger partial charge in [-0.15, -0.1) is 0 Å². The molecule has 7 heterocycles. The minimum absolute atomic E-state index is 0.0752. The first-order valence-corrected chi connectivity index (χ1v) is 17.2. The fourth-order valence-electron chi connectivity index (χ4n) is 7.93. The van der Waals surface area contributed by atoms with Crippen molar-refractivity contribution in [1.82, 2.24) is 33.6 Å². The zero-order valence-corrected chi connectivity index (χ0v) is 29.2. The second-order valence-corrected chi connectivity index (χ2v) is 15.3.